The Morgan fingerprint density at radius 1 is 1.62 bits per heavy atom. The maximum Gasteiger partial charge on any atom is 0.136 e. The van der Waals surface area contributed by atoms with Crippen LogP contribution in [-0.4, -0.2) is 5.87 Å². The first-order chi connectivity index (χ1) is 3.80. The van der Waals surface area contributed by atoms with Crippen LogP contribution in [0.2, 0.25) is 0 Å². The molecule has 0 N–H and O–H groups in total. The molecule has 1 heterocycles. The molecule has 8 heavy (non-hydrogen) atoms. The molecule has 1 aliphatic rings. The van der Waals surface area contributed by atoms with Crippen molar-refractivity contribution in [2.45, 2.75) is 13.8 Å². The van der Waals surface area contributed by atoms with Crippen molar-refractivity contribution in [1.29, 1.82) is 0 Å². The van der Waals surface area contributed by atoms with E-state index >= 15 is 0 Å². The van der Waals surface area contributed by atoms with E-state index in [1.54, 1.807) is 6.08 Å². The highest BCUT2D eigenvalue weighted by Crippen LogP contribution is 2.07. The van der Waals surface area contributed by atoms with Gasteiger partial charge in [-0.05, 0) is 24.6 Å². The van der Waals surface area contributed by atoms with E-state index in [4.69, 9.17) is 4.84 Å². The van der Waals surface area contributed by atoms with Crippen LogP contribution in [0.25, 0.3) is 0 Å². The molecule has 0 aliphatic carbocycles. The zero-order valence-corrected chi connectivity index (χ0v) is 4.93. The molecule has 0 saturated heterocycles. The number of hydrogen-bond acceptors (Lipinski definition) is 2. The Kier molecular flexibility index (Phi) is 1.18. The maximum atomic E-state index is 4.75. The number of hydrogen-bond donors (Lipinski definition) is 0. The normalized spacial score (nSPS) is 16.8. The Morgan fingerprint density at radius 2 is 2.38 bits per heavy atom. The van der Waals surface area contributed by atoms with Crippen LogP contribution in [0.15, 0.2) is 22.6 Å². The van der Waals surface area contributed by atoms with E-state index in [2.05, 4.69) is 11.0 Å². The summed E-state index contributed by atoms with van der Waals surface area (Å²) in [5, 5.41) is 3.45. The Bertz CT molecular complexity index is 185. The van der Waals surface area contributed by atoms with Crippen LogP contribution in [-0.2, 0) is 4.84 Å². The lowest BCUT2D eigenvalue weighted by Crippen LogP contribution is -1.87. The first-order valence-electron chi connectivity index (χ1n) is 2.44. The summed E-state index contributed by atoms with van der Waals surface area (Å²) in [5.74, 6) is 3.44. The summed E-state index contributed by atoms with van der Waals surface area (Å²) >= 11 is 0. The van der Waals surface area contributed by atoms with Gasteiger partial charge in [-0.25, -0.2) is 0 Å². The zero-order chi connectivity index (χ0) is 5.98. The lowest BCUT2D eigenvalue weighted by molar-refractivity contribution is 0.227. The quantitative estimate of drug-likeness (QED) is 0.461. The third-order valence-corrected chi connectivity index (χ3v) is 1.07. The molecule has 2 nitrogen and oxygen atoms in total. The second-order valence-corrected chi connectivity index (χ2v) is 1.70. The molecule has 1 rings (SSSR count). The SMILES string of the molecule is CC1=C(C)ON=C=C1. The third kappa shape index (κ3) is 0.796. The lowest BCUT2D eigenvalue weighted by Gasteiger charge is -2.00. The van der Waals surface area contributed by atoms with Gasteiger partial charge >= 0.3 is 0 Å². The fraction of sp³-hybridized carbons (Fsp3) is 0.333. The fourth-order valence-electron chi connectivity index (χ4n) is 0.392. The van der Waals surface area contributed by atoms with Gasteiger partial charge in [0.1, 0.15) is 5.76 Å². The topological polar surface area (TPSA) is 21.6 Å². The molecule has 42 valence electrons. The van der Waals surface area contributed by atoms with Crippen molar-refractivity contribution in [1.82, 2.24) is 0 Å². The van der Waals surface area contributed by atoms with E-state index in [-0.39, 0.29) is 0 Å². The van der Waals surface area contributed by atoms with Crippen LogP contribution in [0.3, 0.4) is 0 Å². The Morgan fingerprint density at radius 3 is 2.75 bits per heavy atom. The molecule has 2 heteroatoms. The van der Waals surface area contributed by atoms with Crippen LogP contribution in [0, 0.1) is 0 Å². The van der Waals surface area contributed by atoms with E-state index in [0.717, 1.165) is 11.3 Å². The summed E-state index contributed by atoms with van der Waals surface area (Å²) in [6.07, 6.45) is 1.79. The summed E-state index contributed by atoms with van der Waals surface area (Å²) in [6, 6.07) is 0. The van der Waals surface area contributed by atoms with Crippen LogP contribution in [0.4, 0.5) is 0 Å². The highest BCUT2D eigenvalue weighted by atomic mass is 16.6. The Hall–Kier alpha value is -1.01. The van der Waals surface area contributed by atoms with Crippen LogP contribution in [0.1, 0.15) is 13.8 Å². The maximum absolute atomic E-state index is 4.75. The standard InChI is InChI=1S/C6H7NO/c1-5-3-4-7-8-6(5)2/h3H,1-2H3. The highest BCUT2D eigenvalue weighted by molar-refractivity contribution is 5.57. The number of nitrogens with zero attached hydrogens (tertiary/aromatic N) is 1. The average molecular weight is 109 g/mol. The minimum absolute atomic E-state index is 0.851. The van der Waals surface area contributed by atoms with Crippen molar-refractivity contribution < 1.29 is 4.84 Å². The summed E-state index contributed by atoms with van der Waals surface area (Å²) in [5.41, 5.74) is 1.08. The van der Waals surface area contributed by atoms with Gasteiger partial charge in [-0.2, -0.15) is 0 Å². The van der Waals surface area contributed by atoms with Crippen molar-refractivity contribution in [3.05, 3.63) is 17.4 Å². The first-order valence-corrected chi connectivity index (χ1v) is 2.44. The third-order valence-electron chi connectivity index (χ3n) is 1.07. The summed E-state index contributed by atoms with van der Waals surface area (Å²) in [4.78, 5) is 4.75. The molecule has 0 unspecified atom stereocenters. The van der Waals surface area contributed by atoms with E-state index < -0.39 is 0 Å². The smallest absolute Gasteiger partial charge is 0.136 e. The molecule has 0 saturated carbocycles. The van der Waals surface area contributed by atoms with E-state index in [1.807, 2.05) is 13.8 Å². The molecule has 0 aromatic heterocycles. The molecule has 1 aliphatic heterocycles. The summed E-state index contributed by atoms with van der Waals surface area (Å²) in [7, 11) is 0. The van der Waals surface area contributed by atoms with Crippen molar-refractivity contribution >= 4 is 5.87 Å². The molecule has 0 aromatic carbocycles. The average Bonchev–Trinajstić information content (AvgIpc) is 1.77. The van der Waals surface area contributed by atoms with Crippen LogP contribution < -0.4 is 0 Å². The number of allylic oxidation sites excluding steroid dienone is 3. The fourth-order valence-corrected chi connectivity index (χ4v) is 0.392. The van der Waals surface area contributed by atoms with Gasteiger partial charge in [0.25, 0.3) is 0 Å². The van der Waals surface area contributed by atoms with E-state index in [9.17, 15) is 0 Å². The van der Waals surface area contributed by atoms with Gasteiger partial charge in [-0.3, -0.25) is 0 Å². The minimum atomic E-state index is 0.851. The largest absolute Gasteiger partial charge is 0.353 e. The van der Waals surface area contributed by atoms with Crippen molar-refractivity contribution in [3.8, 4) is 0 Å². The summed E-state index contributed by atoms with van der Waals surface area (Å²) in [6.45, 7) is 3.83. The first kappa shape index (κ1) is 5.13. The van der Waals surface area contributed by atoms with Crippen LogP contribution >= 0.6 is 0 Å². The molecule has 0 bridgehead atoms. The second kappa shape index (κ2) is 1.85. The monoisotopic (exact) mass is 109 g/mol. The predicted octanol–water partition coefficient (Wildman–Crippen LogP) is 1.45. The molecule has 0 amide bonds. The van der Waals surface area contributed by atoms with Gasteiger partial charge in [0.15, 0.2) is 0 Å². The van der Waals surface area contributed by atoms with Gasteiger partial charge in [0.05, 0.1) is 0 Å². The highest BCUT2D eigenvalue weighted by Gasteiger charge is 1.95. The minimum Gasteiger partial charge on any atom is -0.353 e. The van der Waals surface area contributed by atoms with E-state index in [0.29, 0.717) is 0 Å². The van der Waals surface area contributed by atoms with Gasteiger partial charge in [0, 0.05) is 11.9 Å². The van der Waals surface area contributed by atoms with Gasteiger partial charge in [-0.15, -0.1) is 0 Å². The summed E-state index contributed by atoms with van der Waals surface area (Å²) < 4.78 is 0. The van der Waals surface area contributed by atoms with Crippen LogP contribution in [0.5, 0.6) is 0 Å². The molecule has 0 aromatic rings. The second-order valence-electron chi connectivity index (χ2n) is 1.70. The molecule has 0 spiro atoms. The van der Waals surface area contributed by atoms with Crippen molar-refractivity contribution in [2.24, 2.45) is 5.16 Å². The lowest BCUT2D eigenvalue weighted by atomic mass is 10.2. The molecule has 0 fully saturated rings. The molecule has 0 atom stereocenters. The zero-order valence-electron chi connectivity index (χ0n) is 4.93. The van der Waals surface area contributed by atoms with Gasteiger partial charge in [-0.1, -0.05) is 0 Å². The van der Waals surface area contributed by atoms with E-state index in [1.165, 1.54) is 0 Å². The predicted molar refractivity (Wildman–Crippen MR) is 31.5 cm³/mol. The van der Waals surface area contributed by atoms with Crippen molar-refractivity contribution in [2.75, 3.05) is 0 Å². The Balaban J connectivity index is 2.93. The number of rotatable bonds is 0. The molecular weight excluding hydrogens is 102 g/mol. The van der Waals surface area contributed by atoms with Gasteiger partial charge in [0.2, 0.25) is 0 Å². The molecule has 0 radical (unpaired) electrons. The van der Waals surface area contributed by atoms with Gasteiger partial charge < -0.3 is 4.84 Å². The Labute approximate surface area is 48.1 Å². The molecular formula is C6H7NO. The van der Waals surface area contributed by atoms with Crippen molar-refractivity contribution in [3.63, 3.8) is 0 Å².